The van der Waals surface area contributed by atoms with Crippen LogP contribution in [0.1, 0.15) is 24.1 Å². The van der Waals surface area contributed by atoms with Crippen molar-refractivity contribution in [1.29, 1.82) is 0 Å². The molecule has 0 aromatic heterocycles. The fourth-order valence-corrected chi connectivity index (χ4v) is 1.65. The van der Waals surface area contributed by atoms with Crippen LogP contribution in [0.2, 0.25) is 0 Å². The summed E-state index contributed by atoms with van der Waals surface area (Å²) in [5, 5.41) is 5.53. The maximum Gasteiger partial charge on any atom is 0.315 e. The summed E-state index contributed by atoms with van der Waals surface area (Å²) >= 11 is 5.48. The lowest BCUT2D eigenvalue weighted by atomic mass is 10.0. The van der Waals surface area contributed by atoms with E-state index in [9.17, 15) is 4.79 Å². The summed E-state index contributed by atoms with van der Waals surface area (Å²) in [6, 6.07) is 7.82. The molecule has 0 aliphatic carbocycles. The van der Waals surface area contributed by atoms with Gasteiger partial charge in [0.15, 0.2) is 0 Å². The summed E-state index contributed by atoms with van der Waals surface area (Å²) in [5.74, 6) is 0.423. The van der Waals surface area contributed by atoms with Gasteiger partial charge in [-0.25, -0.2) is 4.79 Å². The molecule has 2 amide bonds. The molecule has 88 valence electrons. The van der Waals surface area contributed by atoms with Gasteiger partial charge in [0.1, 0.15) is 0 Å². The average molecular weight is 241 g/mol. The fourth-order valence-electron chi connectivity index (χ4n) is 1.56. The first-order chi connectivity index (χ1) is 7.65. The van der Waals surface area contributed by atoms with Gasteiger partial charge >= 0.3 is 6.03 Å². The van der Waals surface area contributed by atoms with E-state index in [2.05, 4.69) is 10.6 Å². The van der Waals surface area contributed by atoms with E-state index in [4.69, 9.17) is 11.6 Å². The second-order valence-electron chi connectivity index (χ2n) is 3.67. The summed E-state index contributed by atoms with van der Waals surface area (Å²) in [5.41, 5.74) is 2.30. The van der Waals surface area contributed by atoms with Gasteiger partial charge in [-0.2, -0.15) is 0 Å². The monoisotopic (exact) mass is 240 g/mol. The largest absolute Gasteiger partial charge is 0.337 e. The van der Waals surface area contributed by atoms with E-state index in [1.807, 2.05) is 38.1 Å². The SMILES string of the molecule is Cc1ccccc1C(C)NC(=O)NCCCl. The number of urea groups is 1. The summed E-state index contributed by atoms with van der Waals surface area (Å²) in [6.45, 7) is 4.47. The molecule has 0 aliphatic rings. The molecule has 1 aromatic rings. The van der Waals surface area contributed by atoms with Crippen LogP contribution >= 0.6 is 11.6 Å². The number of amides is 2. The molecule has 1 aromatic carbocycles. The van der Waals surface area contributed by atoms with E-state index >= 15 is 0 Å². The molecule has 0 spiro atoms. The molecule has 0 aliphatic heterocycles. The molecule has 16 heavy (non-hydrogen) atoms. The van der Waals surface area contributed by atoms with Crippen molar-refractivity contribution in [2.45, 2.75) is 19.9 Å². The Morgan fingerprint density at radius 2 is 2.12 bits per heavy atom. The molecule has 1 atom stereocenters. The number of benzene rings is 1. The van der Waals surface area contributed by atoms with E-state index in [0.717, 1.165) is 5.56 Å². The van der Waals surface area contributed by atoms with Gasteiger partial charge in [0.2, 0.25) is 0 Å². The van der Waals surface area contributed by atoms with Gasteiger partial charge in [-0.3, -0.25) is 0 Å². The van der Waals surface area contributed by atoms with Crippen LogP contribution in [0.4, 0.5) is 4.79 Å². The number of halogens is 1. The van der Waals surface area contributed by atoms with Crippen LogP contribution in [0.15, 0.2) is 24.3 Å². The molecule has 0 bridgehead atoms. The van der Waals surface area contributed by atoms with E-state index in [0.29, 0.717) is 12.4 Å². The van der Waals surface area contributed by atoms with Gasteiger partial charge in [-0.15, -0.1) is 11.6 Å². The number of carbonyl (C=O) groups is 1. The first-order valence-electron chi connectivity index (χ1n) is 5.31. The maximum atomic E-state index is 11.4. The van der Waals surface area contributed by atoms with Crippen LogP contribution in [0.5, 0.6) is 0 Å². The van der Waals surface area contributed by atoms with Crippen molar-refractivity contribution < 1.29 is 4.79 Å². The Labute approximate surface area is 101 Å². The Hall–Kier alpha value is -1.22. The third kappa shape index (κ3) is 3.74. The van der Waals surface area contributed by atoms with Gasteiger partial charge in [0, 0.05) is 12.4 Å². The molecule has 3 nitrogen and oxygen atoms in total. The number of hydrogen-bond donors (Lipinski definition) is 2. The number of aryl methyl sites for hydroxylation is 1. The van der Waals surface area contributed by atoms with Crippen molar-refractivity contribution in [2.24, 2.45) is 0 Å². The Bertz CT molecular complexity index is 355. The lowest BCUT2D eigenvalue weighted by Gasteiger charge is -2.16. The minimum absolute atomic E-state index is 0.00322. The Kier molecular flexibility index (Phi) is 5.12. The van der Waals surface area contributed by atoms with Crippen molar-refractivity contribution >= 4 is 17.6 Å². The van der Waals surface area contributed by atoms with Gasteiger partial charge in [-0.1, -0.05) is 24.3 Å². The second-order valence-corrected chi connectivity index (χ2v) is 4.05. The van der Waals surface area contributed by atoms with Crippen molar-refractivity contribution in [3.63, 3.8) is 0 Å². The van der Waals surface area contributed by atoms with Crippen molar-refractivity contribution in [2.75, 3.05) is 12.4 Å². The summed E-state index contributed by atoms with van der Waals surface area (Å²) in [6.07, 6.45) is 0. The van der Waals surface area contributed by atoms with E-state index in [1.165, 1.54) is 5.56 Å². The van der Waals surface area contributed by atoms with Crippen molar-refractivity contribution in [3.8, 4) is 0 Å². The van der Waals surface area contributed by atoms with Crippen LogP contribution in [0, 0.1) is 6.92 Å². The Morgan fingerprint density at radius 1 is 1.44 bits per heavy atom. The average Bonchev–Trinajstić information content (AvgIpc) is 2.26. The van der Waals surface area contributed by atoms with E-state index < -0.39 is 0 Å². The number of nitrogens with one attached hydrogen (secondary N) is 2. The molecule has 0 radical (unpaired) electrons. The number of alkyl halides is 1. The number of carbonyl (C=O) groups excluding carboxylic acids is 1. The second kappa shape index (κ2) is 6.38. The predicted octanol–water partition coefficient (Wildman–Crippen LogP) is 2.59. The van der Waals surface area contributed by atoms with Crippen LogP contribution in [0.3, 0.4) is 0 Å². The van der Waals surface area contributed by atoms with Crippen LogP contribution in [-0.4, -0.2) is 18.5 Å². The molecule has 0 fully saturated rings. The topological polar surface area (TPSA) is 41.1 Å². The molecule has 0 saturated heterocycles. The van der Waals surface area contributed by atoms with Gasteiger partial charge in [0.25, 0.3) is 0 Å². The number of hydrogen-bond acceptors (Lipinski definition) is 1. The van der Waals surface area contributed by atoms with Crippen molar-refractivity contribution in [3.05, 3.63) is 35.4 Å². The fraction of sp³-hybridized carbons (Fsp3) is 0.417. The van der Waals surface area contributed by atoms with Crippen LogP contribution in [0.25, 0.3) is 0 Å². The van der Waals surface area contributed by atoms with E-state index in [-0.39, 0.29) is 12.1 Å². The molecular formula is C12H17ClN2O. The minimum Gasteiger partial charge on any atom is -0.337 e. The molecule has 0 heterocycles. The zero-order valence-electron chi connectivity index (χ0n) is 9.59. The first kappa shape index (κ1) is 12.8. The standard InChI is InChI=1S/C12H17ClN2O/c1-9-5-3-4-6-11(9)10(2)15-12(16)14-8-7-13/h3-6,10H,7-8H2,1-2H3,(H2,14,15,16). The van der Waals surface area contributed by atoms with Crippen LogP contribution < -0.4 is 10.6 Å². The summed E-state index contributed by atoms with van der Waals surface area (Å²) < 4.78 is 0. The minimum atomic E-state index is -0.184. The maximum absolute atomic E-state index is 11.4. The Morgan fingerprint density at radius 3 is 2.75 bits per heavy atom. The molecule has 4 heteroatoms. The third-order valence-corrected chi connectivity index (χ3v) is 2.57. The zero-order chi connectivity index (χ0) is 12.0. The first-order valence-corrected chi connectivity index (χ1v) is 5.84. The normalized spacial score (nSPS) is 11.9. The lowest BCUT2D eigenvalue weighted by molar-refractivity contribution is 0.238. The lowest BCUT2D eigenvalue weighted by Crippen LogP contribution is -2.38. The molecule has 0 saturated carbocycles. The molecular weight excluding hydrogens is 224 g/mol. The van der Waals surface area contributed by atoms with Gasteiger partial charge in [-0.05, 0) is 25.0 Å². The third-order valence-electron chi connectivity index (χ3n) is 2.38. The quantitative estimate of drug-likeness (QED) is 0.781. The Balaban J connectivity index is 2.55. The summed E-state index contributed by atoms with van der Waals surface area (Å²) in [7, 11) is 0. The van der Waals surface area contributed by atoms with E-state index in [1.54, 1.807) is 0 Å². The highest BCUT2D eigenvalue weighted by Crippen LogP contribution is 2.16. The zero-order valence-corrected chi connectivity index (χ0v) is 10.3. The highest BCUT2D eigenvalue weighted by Gasteiger charge is 2.10. The van der Waals surface area contributed by atoms with Crippen LogP contribution in [-0.2, 0) is 0 Å². The molecule has 1 unspecified atom stereocenters. The predicted molar refractivity (Wildman–Crippen MR) is 66.8 cm³/mol. The highest BCUT2D eigenvalue weighted by molar-refractivity contribution is 6.18. The van der Waals surface area contributed by atoms with Gasteiger partial charge < -0.3 is 10.6 Å². The van der Waals surface area contributed by atoms with Gasteiger partial charge in [0.05, 0.1) is 6.04 Å². The molecule has 2 N–H and O–H groups in total. The molecule has 1 rings (SSSR count). The highest BCUT2D eigenvalue weighted by atomic mass is 35.5. The summed E-state index contributed by atoms with van der Waals surface area (Å²) in [4.78, 5) is 11.4. The van der Waals surface area contributed by atoms with Crippen molar-refractivity contribution in [1.82, 2.24) is 10.6 Å². The number of rotatable bonds is 4. The smallest absolute Gasteiger partial charge is 0.315 e.